The van der Waals surface area contributed by atoms with Crippen LogP contribution in [0.1, 0.15) is 67.3 Å². The Bertz CT molecular complexity index is 590. The van der Waals surface area contributed by atoms with Crippen molar-refractivity contribution in [3.63, 3.8) is 0 Å². The van der Waals surface area contributed by atoms with E-state index in [4.69, 9.17) is 0 Å². The van der Waals surface area contributed by atoms with Gasteiger partial charge in [0.05, 0.1) is 0 Å². The van der Waals surface area contributed by atoms with E-state index in [1.165, 1.54) is 31.2 Å². The fraction of sp³-hybridized carbons (Fsp3) is 0.650. The average molecular weight is 299 g/mol. The summed E-state index contributed by atoms with van der Waals surface area (Å²) < 4.78 is 0. The summed E-state index contributed by atoms with van der Waals surface area (Å²) in [5, 5.41) is 2.99. The first-order valence-corrected chi connectivity index (χ1v) is 8.86. The van der Waals surface area contributed by atoms with Gasteiger partial charge in [-0.1, -0.05) is 19.9 Å². The molecular formula is C20H29NO. The molecule has 0 saturated carbocycles. The molecule has 3 rings (SSSR count). The molecule has 0 heterocycles. The summed E-state index contributed by atoms with van der Waals surface area (Å²) in [5.74, 6) is 2.23. The molecule has 0 bridgehead atoms. The van der Waals surface area contributed by atoms with Crippen molar-refractivity contribution in [2.24, 2.45) is 11.8 Å². The molecule has 2 aliphatic carbocycles. The molecule has 0 saturated heterocycles. The van der Waals surface area contributed by atoms with Gasteiger partial charge in [-0.2, -0.15) is 0 Å². The Morgan fingerprint density at radius 1 is 1.27 bits per heavy atom. The van der Waals surface area contributed by atoms with Gasteiger partial charge in [-0.3, -0.25) is 4.79 Å². The minimum Gasteiger partial charge on any atom is -0.356 e. The Balaban J connectivity index is 1.94. The van der Waals surface area contributed by atoms with Gasteiger partial charge < -0.3 is 5.32 Å². The first-order chi connectivity index (χ1) is 10.5. The van der Waals surface area contributed by atoms with E-state index >= 15 is 0 Å². The number of carbonyl (C=O) groups is 1. The van der Waals surface area contributed by atoms with Crippen LogP contribution in [-0.2, 0) is 24.1 Å². The van der Waals surface area contributed by atoms with E-state index in [-0.39, 0.29) is 5.91 Å². The van der Waals surface area contributed by atoms with Crippen LogP contribution >= 0.6 is 0 Å². The van der Waals surface area contributed by atoms with Crippen molar-refractivity contribution < 1.29 is 4.79 Å². The van der Waals surface area contributed by atoms with Crippen LogP contribution in [0.15, 0.2) is 6.07 Å². The van der Waals surface area contributed by atoms with Crippen molar-refractivity contribution in [3.8, 4) is 0 Å². The molecular weight excluding hydrogens is 270 g/mol. The van der Waals surface area contributed by atoms with Gasteiger partial charge >= 0.3 is 0 Å². The minimum absolute atomic E-state index is 0.0887. The van der Waals surface area contributed by atoms with Crippen LogP contribution in [0.3, 0.4) is 0 Å². The maximum atomic E-state index is 11.2. The SMILES string of the molecule is CC(=O)NCCC1c2c(c(C)cc3c2CC(C)CC3)CC1C. The molecule has 3 unspecified atom stereocenters. The van der Waals surface area contributed by atoms with E-state index in [9.17, 15) is 4.79 Å². The Morgan fingerprint density at radius 3 is 2.77 bits per heavy atom. The number of rotatable bonds is 3. The number of aryl methyl sites for hydroxylation is 2. The lowest BCUT2D eigenvalue weighted by molar-refractivity contribution is -0.118. The highest BCUT2D eigenvalue weighted by atomic mass is 16.1. The Kier molecular flexibility index (Phi) is 4.29. The van der Waals surface area contributed by atoms with Crippen LogP contribution in [-0.4, -0.2) is 12.5 Å². The molecule has 2 nitrogen and oxygen atoms in total. The summed E-state index contributed by atoms with van der Waals surface area (Å²) >= 11 is 0. The lowest BCUT2D eigenvalue weighted by atomic mass is 9.77. The first-order valence-electron chi connectivity index (χ1n) is 8.86. The van der Waals surface area contributed by atoms with Gasteiger partial charge in [0.15, 0.2) is 0 Å². The maximum Gasteiger partial charge on any atom is 0.216 e. The molecule has 0 fully saturated rings. The Labute approximate surface area is 134 Å². The van der Waals surface area contributed by atoms with Gasteiger partial charge in [-0.15, -0.1) is 0 Å². The fourth-order valence-corrected chi connectivity index (χ4v) is 4.62. The third kappa shape index (κ3) is 2.80. The molecule has 0 spiro atoms. The zero-order valence-electron chi connectivity index (χ0n) is 14.5. The monoisotopic (exact) mass is 299 g/mol. The maximum absolute atomic E-state index is 11.2. The second-order valence-corrected chi connectivity index (χ2v) is 7.63. The molecule has 0 aromatic heterocycles. The van der Waals surface area contributed by atoms with Crippen LogP contribution in [0.4, 0.5) is 0 Å². The highest BCUT2D eigenvalue weighted by Gasteiger charge is 2.34. The third-order valence-corrected chi connectivity index (χ3v) is 5.78. The van der Waals surface area contributed by atoms with Crippen molar-refractivity contribution >= 4 is 5.91 Å². The summed E-state index contributed by atoms with van der Waals surface area (Å²) in [6, 6.07) is 2.46. The fourth-order valence-electron chi connectivity index (χ4n) is 4.62. The smallest absolute Gasteiger partial charge is 0.216 e. The first kappa shape index (κ1) is 15.6. The van der Waals surface area contributed by atoms with Crippen molar-refractivity contribution in [1.29, 1.82) is 0 Å². The minimum atomic E-state index is 0.0887. The van der Waals surface area contributed by atoms with Gasteiger partial charge in [0.2, 0.25) is 5.91 Å². The van der Waals surface area contributed by atoms with Crippen molar-refractivity contribution in [1.82, 2.24) is 5.32 Å². The third-order valence-electron chi connectivity index (χ3n) is 5.78. The largest absolute Gasteiger partial charge is 0.356 e. The molecule has 1 aromatic carbocycles. The molecule has 22 heavy (non-hydrogen) atoms. The number of hydrogen-bond acceptors (Lipinski definition) is 1. The highest BCUT2D eigenvalue weighted by molar-refractivity contribution is 5.72. The lowest BCUT2D eigenvalue weighted by Gasteiger charge is -2.28. The van der Waals surface area contributed by atoms with Crippen LogP contribution in [0.2, 0.25) is 0 Å². The number of carbonyl (C=O) groups excluding carboxylic acids is 1. The van der Waals surface area contributed by atoms with Crippen LogP contribution < -0.4 is 5.32 Å². The number of hydrogen-bond donors (Lipinski definition) is 1. The van der Waals surface area contributed by atoms with Crippen molar-refractivity contribution in [2.45, 2.75) is 65.7 Å². The summed E-state index contributed by atoms with van der Waals surface area (Å²) in [6.45, 7) is 9.48. The van der Waals surface area contributed by atoms with Crippen LogP contribution in [0, 0.1) is 18.8 Å². The standard InChI is InChI=1S/C20H29NO/c1-12-5-6-16-10-13(2)18-11-14(3)17(7-8-21-15(4)22)20(18)19(16)9-12/h10,12,14,17H,5-9,11H2,1-4H3,(H,21,22). The van der Waals surface area contributed by atoms with Gasteiger partial charge in [0, 0.05) is 13.5 Å². The molecule has 0 radical (unpaired) electrons. The molecule has 3 atom stereocenters. The molecule has 0 aliphatic heterocycles. The van der Waals surface area contributed by atoms with E-state index in [1.807, 2.05) is 0 Å². The summed E-state index contributed by atoms with van der Waals surface area (Å²) in [4.78, 5) is 11.2. The topological polar surface area (TPSA) is 29.1 Å². The zero-order chi connectivity index (χ0) is 15.9. The lowest BCUT2D eigenvalue weighted by Crippen LogP contribution is -2.24. The van der Waals surface area contributed by atoms with Gasteiger partial charge in [0.25, 0.3) is 0 Å². The zero-order valence-corrected chi connectivity index (χ0v) is 14.5. The van der Waals surface area contributed by atoms with Gasteiger partial charge in [-0.25, -0.2) is 0 Å². The predicted molar refractivity (Wildman–Crippen MR) is 91.3 cm³/mol. The normalized spacial score (nSPS) is 26.5. The predicted octanol–water partition coefficient (Wildman–Crippen LogP) is 3.92. The van der Waals surface area contributed by atoms with Crippen molar-refractivity contribution in [3.05, 3.63) is 33.9 Å². The summed E-state index contributed by atoms with van der Waals surface area (Å²) in [7, 11) is 0. The summed E-state index contributed by atoms with van der Waals surface area (Å²) in [5.41, 5.74) is 8.05. The van der Waals surface area contributed by atoms with Crippen LogP contribution in [0.5, 0.6) is 0 Å². The van der Waals surface area contributed by atoms with E-state index in [0.29, 0.717) is 11.8 Å². The number of fused-ring (bicyclic) bond motifs is 3. The van der Waals surface area contributed by atoms with Gasteiger partial charge in [0.1, 0.15) is 0 Å². The van der Waals surface area contributed by atoms with E-state index in [1.54, 1.807) is 29.2 Å². The number of amides is 1. The van der Waals surface area contributed by atoms with E-state index in [2.05, 4.69) is 32.2 Å². The quantitative estimate of drug-likeness (QED) is 0.900. The molecule has 1 aromatic rings. The van der Waals surface area contributed by atoms with Crippen LogP contribution in [0.25, 0.3) is 0 Å². The number of nitrogens with one attached hydrogen (secondary N) is 1. The molecule has 2 heteroatoms. The average Bonchev–Trinajstić information content (AvgIpc) is 2.78. The molecule has 120 valence electrons. The second kappa shape index (κ2) is 6.06. The van der Waals surface area contributed by atoms with Gasteiger partial charge in [-0.05, 0) is 84.6 Å². The van der Waals surface area contributed by atoms with Crippen molar-refractivity contribution in [2.75, 3.05) is 6.54 Å². The summed E-state index contributed by atoms with van der Waals surface area (Å²) in [6.07, 6.45) is 6.13. The molecule has 2 aliphatic rings. The molecule has 1 N–H and O–H groups in total. The second-order valence-electron chi connectivity index (χ2n) is 7.63. The van der Waals surface area contributed by atoms with E-state index < -0.39 is 0 Å². The Morgan fingerprint density at radius 2 is 2.05 bits per heavy atom. The van der Waals surface area contributed by atoms with E-state index in [0.717, 1.165) is 18.9 Å². The molecule has 1 amide bonds. The number of benzene rings is 1. The Hall–Kier alpha value is -1.31. The highest BCUT2D eigenvalue weighted by Crippen LogP contribution is 2.46.